The molecule has 0 unspecified atom stereocenters. The third-order valence-corrected chi connectivity index (χ3v) is 8.10. The van der Waals surface area contributed by atoms with E-state index in [1.54, 1.807) is 12.1 Å². The average molecular weight is 692 g/mol. The van der Waals surface area contributed by atoms with Crippen LogP contribution in [0.2, 0.25) is 0 Å². The number of esters is 1. The number of thiazole rings is 1. The quantitative estimate of drug-likeness (QED) is 0.0607. The molecule has 2 atom stereocenters. The number of nitrogens with two attached hydrogens (primary N) is 3. The van der Waals surface area contributed by atoms with E-state index in [1.165, 1.54) is 31.2 Å². The van der Waals surface area contributed by atoms with E-state index < -0.39 is 41.3 Å². The van der Waals surface area contributed by atoms with E-state index in [-0.39, 0.29) is 46.8 Å². The third-order valence-electron chi connectivity index (χ3n) is 6.08. The van der Waals surface area contributed by atoms with E-state index in [0.717, 1.165) is 21.6 Å². The molecule has 2 aliphatic rings. The number of carbonyl (C=O) groups is 5. The number of ether oxygens (including phenoxy) is 1. The fourth-order valence-corrected chi connectivity index (χ4v) is 6.01. The molecule has 1 saturated heterocycles. The van der Waals surface area contributed by atoms with Gasteiger partial charge in [0.1, 0.15) is 42.1 Å². The van der Waals surface area contributed by atoms with Crippen molar-refractivity contribution in [1.82, 2.24) is 15.2 Å². The van der Waals surface area contributed by atoms with Gasteiger partial charge in [0.05, 0.1) is 5.56 Å². The van der Waals surface area contributed by atoms with Crippen LogP contribution in [0.3, 0.4) is 0 Å². The number of amides is 3. The van der Waals surface area contributed by atoms with Crippen molar-refractivity contribution in [2.24, 2.45) is 16.6 Å². The highest BCUT2D eigenvalue weighted by atomic mass is 32.2. The molecule has 47 heavy (non-hydrogen) atoms. The van der Waals surface area contributed by atoms with Crippen molar-refractivity contribution in [2.45, 2.75) is 24.9 Å². The highest BCUT2D eigenvalue weighted by Crippen LogP contribution is 2.40. The number of aliphatic carboxylic acids is 1. The Morgan fingerprint density at radius 1 is 1.21 bits per heavy atom. The number of anilines is 1. The molecule has 0 spiro atoms. The van der Waals surface area contributed by atoms with Gasteiger partial charge < -0.3 is 46.7 Å². The largest absolute Gasteiger partial charge is 0.477 e. The molecule has 0 radical (unpaired) electrons. The number of carboxylic acids is 1. The van der Waals surface area contributed by atoms with Gasteiger partial charge in [0, 0.05) is 35.6 Å². The molecule has 2 aliphatic heterocycles. The lowest BCUT2D eigenvalue weighted by Gasteiger charge is -2.49. The van der Waals surface area contributed by atoms with Gasteiger partial charge in [0.15, 0.2) is 10.8 Å². The topological polar surface area (TPSA) is 293 Å². The predicted octanol–water partition coefficient (Wildman–Crippen LogP) is 0.252. The van der Waals surface area contributed by atoms with Crippen LogP contribution in [0.4, 0.5) is 9.93 Å². The molecule has 0 saturated carbocycles. The smallest absolute Gasteiger partial charge is 0.402 e. The Kier molecular flexibility index (Phi) is 12.4. The monoisotopic (exact) mass is 691 g/mol. The van der Waals surface area contributed by atoms with Crippen molar-refractivity contribution in [1.29, 1.82) is 0 Å². The number of carboxylic acid groups (broad SMARTS) is 2. The Labute approximate surface area is 273 Å². The summed E-state index contributed by atoms with van der Waals surface area (Å²) in [4.78, 5) is 77.8. The van der Waals surface area contributed by atoms with Crippen LogP contribution in [0.1, 0.15) is 18.2 Å². The molecule has 0 aliphatic carbocycles. The molecular weight excluding hydrogens is 662 g/mol. The number of nitrogen functional groups attached to an aromatic ring is 1. The number of aromatic nitrogens is 1. The fraction of sp³-hybridized carbons (Fsp3) is 0.259. The number of oxime groups is 1. The zero-order valence-corrected chi connectivity index (χ0v) is 26.3. The van der Waals surface area contributed by atoms with E-state index in [4.69, 9.17) is 30.5 Å². The zero-order valence-electron chi connectivity index (χ0n) is 24.7. The third kappa shape index (κ3) is 9.05. The van der Waals surface area contributed by atoms with Gasteiger partial charge in [0.2, 0.25) is 0 Å². The van der Waals surface area contributed by atoms with Crippen molar-refractivity contribution >= 4 is 74.8 Å². The number of benzene rings is 1. The lowest BCUT2D eigenvalue weighted by Crippen LogP contribution is -2.71. The molecule has 9 N–H and O–H groups in total. The summed E-state index contributed by atoms with van der Waals surface area (Å²) < 4.78 is 9.93. The number of primary amides is 1. The van der Waals surface area contributed by atoms with Crippen molar-refractivity contribution in [3.63, 3.8) is 0 Å². The molecule has 1 fully saturated rings. The number of nitrogens with zero attached hydrogens (tertiary/aromatic N) is 3. The second-order valence-electron chi connectivity index (χ2n) is 9.23. The molecule has 2 aromatic heterocycles. The van der Waals surface area contributed by atoms with Gasteiger partial charge in [-0.05, 0) is 12.1 Å². The second kappa shape index (κ2) is 16.2. The van der Waals surface area contributed by atoms with Gasteiger partial charge in [-0.2, -0.15) is 0 Å². The number of fused-ring (bicyclic) bond motifs is 2. The molecule has 18 nitrogen and oxygen atoms in total. The Morgan fingerprint density at radius 2 is 1.89 bits per heavy atom. The molecule has 4 heterocycles. The summed E-state index contributed by atoms with van der Waals surface area (Å²) in [6.07, 6.45) is -1.33. The van der Waals surface area contributed by atoms with Crippen molar-refractivity contribution in [3.8, 4) is 0 Å². The standard InChI is InChI=1S/C16H17N5O7S2.C10H9NO2.CH3NO2/c1-6(22)28-3-7-4-29-14-10(13(24)21(14)11(7)15(25)26)19-12(23)9(20-27-2)8-5-30-16(17)18-8;11-6-8-5-7-3-1-2-4-9(7)13-10(8)12;2-1(3)4/h5,10,14H,3-4H2,1-2H3,(H2,17,18)(H,19,23)(H,25,26);1-5H,6,11H2;2H2,(H,3,4)/b20-9+;;/t10-,14-;;/m1../s1. The summed E-state index contributed by atoms with van der Waals surface area (Å²) >= 11 is 2.35. The summed E-state index contributed by atoms with van der Waals surface area (Å²) in [6.45, 7) is 1.19. The summed E-state index contributed by atoms with van der Waals surface area (Å²) in [6, 6.07) is 8.16. The molecule has 3 amide bonds. The molecule has 3 aromatic rings. The molecular formula is C27H29N7O11S2. The van der Waals surface area contributed by atoms with E-state index >= 15 is 0 Å². The van der Waals surface area contributed by atoms with Crippen molar-refractivity contribution in [2.75, 3.05) is 25.2 Å². The van der Waals surface area contributed by atoms with Crippen molar-refractivity contribution in [3.05, 3.63) is 68.7 Å². The van der Waals surface area contributed by atoms with E-state index in [1.807, 2.05) is 18.2 Å². The second-order valence-corrected chi connectivity index (χ2v) is 11.2. The van der Waals surface area contributed by atoms with Crippen LogP contribution in [-0.4, -0.2) is 86.5 Å². The molecule has 250 valence electrons. The van der Waals surface area contributed by atoms with Crippen LogP contribution >= 0.6 is 23.1 Å². The first-order chi connectivity index (χ1) is 22.3. The van der Waals surface area contributed by atoms with Gasteiger partial charge >= 0.3 is 23.7 Å². The minimum atomic E-state index is -1.33. The molecule has 20 heteroatoms. The fourth-order valence-electron chi connectivity index (χ4n) is 4.13. The van der Waals surface area contributed by atoms with E-state index in [0.29, 0.717) is 16.7 Å². The normalized spacial score (nSPS) is 16.8. The highest BCUT2D eigenvalue weighted by molar-refractivity contribution is 8.00. The summed E-state index contributed by atoms with van der Waals surface area (Å²) in [5.41, 5.74) is 15.8. The summed E-state index contributed by atoms with van der Waals surface area (Å²) in [5.74, 6) is -2.98. The van der Waals surface area contributed by atoms with Gasteiger partial charge in [-0.3, -0.25) is 19.3 Å². The lowest BCUT2D eigenvalue weighted by molar-refractivity contribution is -0.150. The van der Waals surface area contributed by atoms with Crippen LogP contribution in [0, 0.1) is 0 Å². The summed E-state index contributed by atoms with van der Waals surface area (Å²) in [5, 5.41) is 25.0. The number of hydrogen-bond donors (Lipinski definition) is 6. The minimum Gasteiger partial charge on any atom is -0.477 e. The maximum atomic E-state index is 12.7. The molecule has 0 bridgehead atoms. The maximum absolute atomic E-state index is 12.7. The van der Waals surface area contributed by atoms with Crippen LogP contribution in [0.5, 0.6) is 0 Å². The summed E-state index contributed by atoms with van der Waals surface area (Å²) in [7, 11) is 1.25. The van der Waals surface area contributed by atoms with E-state index in [2.05, 4.69) is 26.0 Å². The highest BCUT2D eigenvalue weighted by Gasteiger charge is 2.54. The van der Waals surface area contributed by atoms with Gasteiger partial charge in [-0.25, -0.2) is 19.4 Å². The number of hydrogen-bond acceptors (Lipinski definition) is 15. The first kappa shape index (κ1) is 36.0. The van der Waals surface area contributed by atoms with Crippen molar-refractivity contribution < 1.29 is 48.2 Å². The first-order valence-corrected chi connectivity index (χ1v) is 15.1. The number of β-lactam (4-membered cyclic amide) rings is 1. The van der Waals surface area contributed by atoms with Crippen LogP contribution in [-0.2, 0) is 35.3 Å². The lowest BCUT2D eigenvalue weighted by atomic mass is 10.0. The minimum absolute atomic E-state index is 0.165. The first-order valence-electron chi connectivity index (χ1n) is 13.2. The van der Waals surface area contributed by atoms with Gasteiger partial charge in [0.25, 0.3) is 11.8 Å². The number of carbonyl (C=O) groups excluding carboxylic acids is 3. The molecule has 1 aromatic carbocycles. The van der Waals surface area contributed by atoms with Crippen LogP contribution in [0.15, 0.2) is 61.3 Å². The zero-order chi connectivity index (χ0) is 34.8. The number of para-hydroxylation sites is 1. The predicted molar refractivity (Wildman–Crippen MR) is 169 cm³/mol. The Hall–Kier alpha value is -5.47. The Bertz CT molecular complexity index is 1800. The van der Waals surface area contributed by atoms with E-state index in [9.17, 15) is 29.1 Å². The average Bonchev–Trinajstić information content (AvgIpc) is 3.45. The Morgan fingerprint density at radius 3 is 2.47 bits per heavy atom. The Balaban J connectivity index is 0.000000290. The number of thioether (sulfide) groups is 1. The molecule has 5 rings (SSSR count). The van der Waals surface area contributed by atoms with Gasteiger partial charge in [-0.1, -0.05) is 23.4 Å². The maximum Gasteiger partial charge on any atom is 0.402 e. The van der Waals surface area contributed by atoms with Crippen LogP contribution in [0.25, 0.3) is 11.0 Å². The van der Waals surface area contributed by atoms with Gasteiger partial charge in [-0.15, -0.1) is 23.1 Å². The van der Waals surface area contributed by atoms with Crippen LogP contribution < -0.4 is 28.1 Å². The number of rotatable bonds is 8. The number of nitrogens with one attached hydrogen (secondary N) is 1. The SMILES string of the molecule is CO/N=C(/C(=O)N[C@@H]1C(=O)N2C(C(=O)O)=C(COC(C)=O)CS[C@H]12)c1csc(N)n1.NC(=O)O.NCc1cc2ccccc2oc1=O.